The molecule has 4 rings (SSSR count). The first-order valence-corrected chi connectivity index (χ1v) is 12.8. The summed E-state index contributed by atoms with van der Waals surface area (Å²) in [6, 6.07) is 9.32. The summed E-state index contributed by atoms with van der Waals surface area (Å²) >= 11 is 0. The summed E-state index contributed by atoms with van der Waals surface area (Å²) in [6.45, 7) is 7.79. The van der Waals surface area contributed by atoms with Gasteiger partial charge in [0.15, 0.2) is 0 Å². The highest BCUT2D eigenvalue weighted by atomic mass is 32.2. The van der Waals surface area contributed by atoms with E-state index in [2.05, 4.69) is 28.9 Å². The summed E-state index contributed by atoms with van der Waals surface area (Å²) in [5, 5.41) is 8.17. The number of anilines is 2. The summed E-state index contributed by atoms with van der Waals surface area (Å²) in [5.74, 6) is 1.17. The molecule has 0 atom stereocenters. The predicted molar refractivity (Wildman–Crippen MR) is 128 cm³/mol. The molecule has 0 fully saturated rings. The molecule has 1 aromatic carbocycles. The van der Waals surface area contributed by atoms with Crippen LogP contribution in [0.5, 0.6) is 0 Å². The van der Waals surface area contributed by atoms with Crippen LogP contribution in [0, 0.1) is 5.92 Å². The minimum atomic E-state index is -3.37. The Kier molecular flexibility index (Phi) is 6.45. The molecule has 0 saturated carbocycles. The first-order valence-electron chi connectivity index (χ1n) is 11.1. The predicted octanol–water partition coefficient (Wildman–Crippen LogP) is 4.17. The maximum atomic E-state index is 12.2. The molecule has 0 radical (unpaired) electrons. The van der Waals surface area contributed by atoms with Crippen LogP contribution in [0.15, 0.2) is 36.5 Å². The van der Waals surface area contributed by atoms with Crippen LogP contribution < -0.4 is 10.0 Å². The lowest BCUT2D eigenvalue weighted by molar-refractivity contribution is 0.600. The van der Waals surface area contributed by atoms with Crippen molar-refractivity contribution in [2.24, 2.45) is 5.92 Å². The Morgan fingerprint density at radius 1 is 1.22 bits per heavy atom. The van der Waals surface area contributed by atoms with Gasteiger partial charge >= 0.3 is 0 Å². The van der Waals surface area contributed by atoms with E-state index in [0.717, 1.165) is 54.1 Å². The van der Waals surface area contributed by atoms with Gasteiger partial charge in [-0.15, -0.1) is 0 Å². The second kappa shape index (κ2) is 9.28. The zero-order valence-corrected chi connectivity index (χ0v) is 19.6. The summed E-state index contributed by atoms with van der Waals surface area (Å²) in [4.78, 5) is 9.13. The fourth-order valence-electron chi connectivity index (χ4n) is 3.91. The molecule has 0 aliphatic carbocycles. The van der Waals surface area contributed by atoms with E-state index < -0.39 is 10.0 Å². The largest absolute Gasteiger partial charge is 0.354 e. The maximum absolute atomic E-state index is 12.2. The van der Waals surface area contributed by atoms with Crippen LogP contribution >= 0.6 is 0 Å². The van der Waals surface area contributed by atoms with E-state index in [4.69, 9.17) is 10.1 Å². The molecular formula is C23H30N6O2S. The number of benzene rings is 1. The van der Waals surface area contributed by atoms with Gasteiger partial charge in [0.25, 0.3) is 0 Å². The molecule has 170 valence electrons. The highest BCUT2D eigenvalue weighted by Crippen LogP contribution is 2.37. The number of rotatable bonds is 9. The lowest BCUT2D eigenvalue weighted by atomic mass is 10.0. The molecule has 0 saturated heterocycles. The highest BCUT2D eigenvalue weighted by Gasteiger charge is 2.25. The summed E-state index contributed by atoms with van der Waals surface area (Å²) < 4.78 is 29.2. The Bertz CT molecular complexity index is 1200. The van der Waals surface area contributed by atoms with Crippen molar-refractivity contribution in [3.63, 3.8) is 0 Å². The van der Waals surface area contributed by atoms with Gasteiger partial charge in [0.1, 0.15) is 5.69 Å². The lowest BCUT2D eigenvalue weighted by Gasteiger charge is -2.11. The van der Waals surface area contributed by atoms with E-state index in [1.54, 1.807) is 12.3 Å². The van der Waals surface area contributed by atoms with Crippen LogP contribution in [-0.2, 0) is 23.0 Å². The fourth-order valence-corrected chi connectivity index (χ4v) is 5.04. The Morgan fingerprint density at radius 2 is 2.06 bits per heavy atom. The van der Waals surface area contributed by atoms with Crippen LogP contribution in [0.1, 0.15) is 39.3 Å². The molecular weight excluding hydrogens is 424 g/mol. The zero-order chi connectivity index (χ0) is 22.7. The number of hydrogen-bond donors (Lipinski definition) is 2. The molecule has 32 heavy (non-hydrogen) atoms. The second-order valence-electron chi connectivity index (χ2n) is 8.54. The van der Waals surface area contributed by atoms with Crippen molar-refractivity contribution in [2.75, 3.05) is 22.3 Å². The molecule has 1 aliphatic rings. The highest BCUT2D eigenvalue weighted by molar-refractivity contribution is 7.92. The van der Waals surface area contributed by atoms with Gasteiger partial charge in [-0.25, -0.2) is 18.4 Å². The number of nitrogens with one attached hydrogen (secondary N) is 2. The Hall–Kier alpha value is -2.94. The van der Waals surface area contributed by atoms with Gasteiger partial charge in [0.05, 0.1) is 11.4 Å². The topological polar surface area (TPSA) is 102 Å². The van der Waals surface area contributed by atoms with Crippen LogP contribution in [0.2, 0.25) is 0 Å². The molecule has 2 aromatic heterocycles. The molecule has 1 aliphatic heterocycles. The standard InChI is InChI=1S/C23H30N6O2S/c1-4-13-32(30,31)28-18-8-5-7-17(14-18)22-21(20-9-6-12-29(20)27-22)19-10-11-24-23(26-19)25-15-16(2)3/h5,7-8,10-11,14,16,28H,4,6,9,12-13,15H2,1-3H3,(H,24,25,26). The molecule has 0 unspecified atom stereocenters. The van der Waals surface area contributed by atoms with E-state index in [0.29, 0.717) is 24.0 Å². The molecule has 8 nitrogen and oxygen atoms in total. The number of aromatic nitrogens is 4. The van der Waals surface area contributed by atoms with Crippen molar-refractivity contribution >= 4 is 21.7 Å². The Labute approximate surface area is 189 Å². The SMILES string of the molecule is CCCS(=O)(=O)Nc1cccc(-c2nn3c(c2-c2ccnc(NCC(C)C)n2)CCC3)c1. The molecule has 0 amide bonds. The van der Waals surface area contributed by atoms with Crippen molar-refractivity contribution in [3.8, 4) is 22.5 Å². The Balaban J connectivity index is 1.74. The zero-order valence-electron chi connectivity index (χ0n) is 18.8. The van der Waals surface area contributed by atoms with Gasteiger partial charge in [-0.05, 0) is 43.4 Å². The third kappa shape index (κ3) is 4.93. The summed E-state index contributed by atoms with van der Waals surface area (Å²) in [6.07, 6.45) is 4.32. The van der Waals surface area contributed by atoms with Crippen molar-refractivity contribution in [1.29, 1.82) is 0 Å². The minimum Gasteiger partial charge on any atom is -0.354 e. The van der Waals surface area contributed by atoms with Crippen LogP contribution in [0.25, 0.3) is 22.5 Å². The van der Waals surface area contributed by atoms with Crippen molar-refractivity contribution in [1.82, 2.24) is 19.7 Å². The van der Waals surface area contributed by atoms with Crippen molar-refractivity contribution in [3.05, 3.63) is 42.2 Å². The van der Waals surface area contributed by atoms with Crippen LogP contribution in [0.3, 0.4) is 0 Å². The second-order valence-corrected chi connectivity index (χ2v) is 10.4. The van der Waals surface area contributed by atoms with Gasteiger partial charge in [0, 0.05) is 41.8 Å². The van der Waals surface area contributed by atoms with Gasteiger partial charge < -0.3 is 5.32 Å². The van der Waals surface area contributed by atoms with E-state index >= 15 is 0 Å². The number of aryl methyl sites for hydroxylation is 1. The van der Waals surface area contributed by atoms with E-state index in [9.17, 15) is 8.42 Å². The number of nitrogens with zero attached hydrogens (tertiary/aromatic N) is 4. The molecule has 9 heteroatoms. The summed E-state index contributed by atoms with van der Waals surface area (Å²) in [5.41, 5.74) is 5.17. The summed E-state index contributed by atoms with van der Waals surface area (Å²) in [7, 11) is -3.37. The van der Waals surface area contributed by atoms with Gasteiger partial charge in [-0.2, -0.15) is 5.10 Å². The van der Waals surface area contributed by atoms with Crippen molar-refractivity contribution in [2.45, 2.75) is 46.6 Å². The molecule has 3 aromatic rings. The number of fused-ring (bicyclic) bond motifs is 1. The number of hydrogen-bond acceptors (Lipinski definition) is 6. The minimum absolute atomic E-state index is 0.0916. The van der Waals surface area contributed by atoms with E-state index in [1.807, 2.05) is 35.9 Å². The third-order valence-electron chi connectivity index (χ3n) is 5.30. The molecule has 2 N–H and O–H groups in total. The molecule has 3 heterocycles. The monoisotopic (exact) mass is 454 g/mol. The van der Waals surface area contributed by atoms with Gasteiger partial charge in [-0.1, -0.05) is 32.9 Å². The third-order valence-corrected chi connectivity index (χ3v) is 6.80. The first kappa shape index (κ1) is 22.3. The lowest BCUT2D eigenvalue weighted by Crippen LogP contribution is -2.16. The Morgan fingerprint density at radius 3 is 2.84 bits per heavy atom. The van der Waals surface area contributed by atoms with Crippen LogP contribution in [0.4, 0.5) is 11.6 Å². The number of sulfonamides is 1. The normalized spacial score (nSPS) is 13.4. The average molecular weight is 455 g/mol. The first-order chi connectivity index (χ1) is 15.4. The van der Waals surface area contributed by atoms with E-state index in [1.165, 1.54) is 0 Å². The van der Waals surface area contributed by atoms with Gasteiger partial charge in [-0.3, -0.25) is 9.40 Å². The molecule has 0 bridgehead atoms. The van der Waals surface area contributed by atoms with Crippen molar-refractivity contribution < 1.29 is 8.42 Å². The quantitative estimate of drug-likeness (QED) is 0.503. The molecule has 0 spiro atoms. The van der Waals surface area contributed by atoms with E-state index in [-0.39, 0.29) is 5.75 Å². The van der Waals surface area contributed by atoms with Crippen LogP contribution in [-0.4, -0.2) is 40.5 Å². The fraction of sp³-hybridized carbons (Fsp3) is 0.435. The average Bonchev–Trinajstić information content (AvgIpc) is 3.33. The maximum Gasteiger partial charge on any atom is 0.232 e. The smallest absolute Gasteiger partial charge is 0.232 e. The van der Waals surface area contributed by atoms with Gasteiger partial charge in [0.2, 0.25) is 16.0 Å².